The van der Waals surface area contributed by atoms with Crippen LogP contribution < -0.4 is 0 Å². The van der Waals surface area contributed by atoms with Gasteiger partial charge in [0.25, 0.3) is 0 Å². The number of rotatable bonds is 4. The number of benzene rings is 1. The van der Waals surface area contributed by atoms with Gasteiger partial charge in [0.2, 0.25) is 0 Å². The van der Waals surface area contributed by atoms with Crippen molar-refractivity contribution in [2.75, 3.05) is 6.26 Å². The second-order valence-corrected chi connectivity index (χ2v) is 8.64. The molecule has 0 N–H and O–H groups in total. The third-order valence-corrected chi connectivity index (χ3v) is 5.65. The van der Waals surface area contributed by atoms with E-state index in [-0.39, 0.29) is 10.0 Å². The number of thioether (sulfide) groups is 1. The molecule has 0 aromatic heterocycles. The zero-order chi connectivity index (χ0) is 16.5. The highest BCUT2D eigenvalue weighted by Crippen LogP contribution is 2.39. The molecule has 1 aliphatic heterocycles. The lowest BCUT2D eigenvalue weighted by Crippen LogP contribution is -2.09. The van der Waals surface area contributed by atoms with Crippen LogP contribution in [0, 0.1) is 0 Å². The molecule has 1 aromatic carbocycles. The number of hydrogen-bond donors (Lipinski definition) is 0. The van der Waals surface area contributed by atoms with E-state index in [1.807, 2.05) is 6.92 Å². The summed E-state index contributed by atoms with van der Waals surface area (Å²) in [6.07, 6.45) is 1.11. The van der Waals surface area contributed by atoms with E-state index >= 15 is 0 Å². The molecule has 2 rings (SSSR count). The predicted molar refractivity (Wildman–Crippen MR) is 88.1 cm³/mol. The van der Waals surface area contributed by atoms with E-state index in [9.17, 15) is 13.2 Å². The molecule has 1 aliphatic rings. The van der Waals surface area contributed by atoms with Gasteiger partial charge >= 0.3 is 0 Å². The number of oxime groups is 1. The summed E-state index contributed by atoms with van der Waals surface area (Å²) in [5.74, 6) is 0.387. The van der Waals surface area contributed by atoms with Crippen molar-refractivity contribution >= 4 is 44.0 Å². The fourth-order valence-electron chi connectivity index (χ4n) is 2.19. The van der Waals surface area contributed by atoms with Crippen molar-refractivity contribution in [3.8, 4) is 0 Å². The van der Waals surface area contributed by atoms with Gasteiger partial charge in [0.1, 0.15) is 0 Å². The quantitative estimate of drug-likeness (QED) is 0.822. The summed E-state index contributed by atoms with van der Waals surface area (Å²) in [6.45, 7) is 3.28. The average molecular weight is 362 g/mol. The van der Waals surface area contributed by atoms with Gasteiger partial charge < -0.3 is 4.84 Å². The summed E-state index contributed by atoms with van der Waals surface area (Å²) in [6, 6.07) is 3.16. The monoisotopic (exact) mass is 361 g/mol. The van der Waals surface area contributed by atoms with Gasteiger partial charge in [0, 0.05) is 30.9 Å². The van der Waals surface area contributed by atoms with Crippen LogP contribution in [0.4, 0.5) is 0 Å². The summed E-state index contributed by atoms with van der Waals surface area (Å²) in [4.78, 5) is 16.6. The van der Waals surface area contributed by atoms with Crippen molar-refractivity contribution in [2.24, 2.45) is 5.16 Å². The summed E-state index contributed by atoms with van der Waals surface area (Å²) in [5.41, 5.74) is 1.91. The molecule has 0 amide bonds. The fraction of sp³-hybridized carbons (Fsp3) is 0.429. The molecule has 0 spiro atoms. The lowest BCUT2D eigenvalue weighted by Gasteiger charge is -2.17. The van der Waals surface area contributed by atoms with E-state index < -0.39 is 15.9 Å². The van der Waals surface area contributed by atoms with E-state index in [4.69, 9.17) is 16.4 Å². The van der Waals surface area contributed by atoms with Crippen LogP contribution in [0.15, 0.2) is 22.2 Å². The molecule has 22 heavy (non-hydrogen) atoms. The molecule has 1 aromatic rings. The maximum absolute atomic E-state index is 12.0. The highest BCUT2D eigenvalue weighted by atomic mass is 35.5. The molecule has 0 radical (unpaired) electrons. The van der Waals surface area contributed by atoms with E-state index in [0.29, 0.717) is 28.3 Å². The summed E-state index contributed by atoms with van der Waals surface area (Å²) < 4.78 is 24.0. The Hall–Kier alpha value is -1.05. The molecule has 8 heteroatoms. The first-order chi connectivity index (χ1) is 10.2. The minimum Gasteiger partial charge on any atom is -0.387 e. The Labute approximate surface area is 139 Å². The Balaban J connectivity index is 2.50. The van der Waals surface area contributed by atoms with Crippen molar-refractivity contribution in [2.45, 2.75) is 37.0 Å². The molecule has 0 aliphatic carbocycles. The lowest BCUT2D eigenvalue weighted by molar-refractivity contribution is -0.109. The minimum atomic E-state index is -3.45. The van der Waals surface area contributed by atoms with Crippen molar-refractivity contribution in [1.82, 2.24) is 0 Å². The van der Waals surface area contributed by atoms with Crippen LogP contribution in [-0.2, 0) is 25.2 Å². The van der Waals surface area contributed by atoms with Gasteiger partial charge in [-0.15, -0.1) is 0 Å². The standard InChI is InChI=1S/C14H16ClNO4S2/c1-8-6-11(20-16-8)13-12(22(3,18)19)5-4-10(14(13)15)7-21-9(2)17/h4-5,11H,6-7H2,1-3H3. The van der Waals surface area contributed by atoms with Crippen LogP contribution in [0.1, 0.15) is 37.5 Å². The number of carbonyl (C=O) groups is 1. The van der Waals surface area contributed by atoms with Crippen molar-refractivity contribution < 1.29 is 18.0 Å². The van der Waals surface area contributed by atoms with Crippen LogP contribution in [0.3, 0.4) is 0 Å². The SMILES string of the molecule is CC(=O)SCc1ccc(S(C)(=O)=O)c(C2CC(C)=NO2)c1Cl. The molecule has 0 fully saturated rings. The van der Waals surface area contributed by atoms with Gasteiger partial charge in [0.05, 0.1) is 15.6 Å². The number of hydrogen-bond acceptors (Lipinski definition) is 6. The molecule has 0 saturated carbocycles. The van der Waals surface area contributed by atoms with Gasteiger partial charge in [-0.2, -0.15) is 0 Å². The van der Waals surface area contributed by atoms with Crippen LogP contribution in [0.2, 0.25) is 5.02 Å². The fourth-order valence-corrected chi connectivity index (χ4v) is 4.22. The Kier molecular flexibility index (Phi) is 5.19. The Morgan fingerprint density at radius 3 is 2.68 bits per heavy atom. The van der Waals surface area contributed by atoms with Gasteiger partial charge in [-0.3, -0.25) is 4.79 Å². The Bertz CT molecular complexity index is 743. The molecular weight excluding hydrogens is 346 g/mol. The van der Waals surface area contributed by atoms with Crippen LogP contribution in [0.5, 0.6) is 0 Å². The van der Waals surface area contributed by atoms with Crippen molar-refractivity contribution in [1.29, 1.82) is 0 Å². The van der Waals surface area contributed by atoms with Crippen LogP contribution >= 0.6 is 23.4 Å². The van der Waals surface area contributed by atoms with E-state index in [0.717, 1.165) is 23.7 Å². The van der Waals surface area contributed by atoms with Gasteiger partial charge in [0.15, 0.2) is 21.1 Å². The molecule has 1 unspecified atom stereocenters. The molecule has 120 valence electrons. The van der Waals surface area contributed by atoms with E-state index in [2.05, 4.69) is 5.16 Å². The normalized spacial score (nSPS) is 18.0. The summed E-state index contributed by atoms with van der Waals surface area (Å²) in [5, 5.41) is 4.16. The van der Waals surface area contributed by atoms with Crippen LogP contribution in [0.25, 0.3) is 0 Å². The van der Waals surface area contributed by atoms with Gasteiger partial charge in [-0.1, -0.05) is 34.6 Å². The molecule has 0 saturated heterocycles. The number of sulfone groups is 1. The molecule has 1 atom stereocenters. The summed E-state index contributed by atoms with van der Waals surface area (Å²) >= 11 is 7.53. The van der Waals surface area contributed by atoms with E-state index in [1.54, 1.807) is 6.07 Å². The topological polar surface area (TPSA) is 72.8 Å². The maximum atomic E-state index is 12.0. The second kappa shape index (κ2) is 6.60. The number of halogens is 1. The first kappa shape index (κ1) is 17.3. The number of nitrogens with zero attached hydrogens (tertiary/aromatic N) is 1. The highest BCUT2D eigenvalue weighted by molar-refractivity contribution is 8.12. The van der Waals surface area contributed by atoms with Gasteiger partial charge in [-0.05, 0) is 18.6 Å². The number of carbonyl (C=O) groups excluding carboxylic acids is 1. The van der Waals surface area contributed by atoms with Crippen LogP contribution in [-0.4, -0.2) is 25.5 Å². The van der Waals surface area contributed by atoms with Crippen molar-refractivity contribution in [3.05, 3.63) is 28.3 Å². The summed E-state index contributed by atoms with van der Waals surface area (Å²) in [7, 11) is -3.45. The predicted octanol–water partition coefficient (Wildman–Crippen LogP) is 3.36. The largest absolute Gasteiger partial charge is 0.387 e. The smallest absolute Gasteiger partial charge is 0.186 e. The average Bonchev–Trinajstić information content (AvgIpc) is 2.82. The molecule has 1 heterocycles. The first-order valence-corrected chi connectivity index (χ1v) is 9.79. The third kappa shape index (κ3) is 3.83. The Morgan fingerprint density at radius 2 is 2.18 bits per heavy atom. The second-order valence-electron chi connectivity index (χ2n) is 5.13. The van der Waals surface area contributed by atoms with E-state index in [1.165, 1.54) is 13.0 Å². The molecular formula is C14H16ClNO4S2. The molecule has 0 bridgehead atoms. The molecule has 5 nitrogen and oxygen atoms in total. The zero-order valence-electron chi connectivity index (χ0n) is 12.4. The first-order valence-electron chi connectivity index (χ1n) is 6.54. The Morgan fingerprint density at radius 1 is 1.50 bits per heavy atom. The highest BCUT2D eigenvalue weighted by Gasteiger charge is 2.30. The lowest BCUT2D eigenvalue weighted by atomic mass is 10.0. The third-order valence-electron chi connectivity index (χ3n) is 3.19. The zero-order valence-corrected chi connectivity index (χ0v) is 14.8. The maximum Gasteiger partial charge on any atom is 0.186 e. The van der Waals surface area contributed by atoms with Crippen molar-refractivity contribution in [3.63, 3.8) is 0 Å². The minimum absolute atomic E-state index is 0.0268. The van der Waals surface area contributed by atoms with Gasteiger partial charge in [-0.25, -0.2) is 8.42 Å².